The zero-order valence-electron chi connectivity index (χ0n) is 9.27. The molecule has 88 valence electrons. The SMILES string of the molecule is Nc1nccc2c(CC3CCNC3=O)csc12. The standard InChI is InChI=1S/C12H13N3OS/c13-11-10-9(2-4-14-11)8(6-17-10)5-7-1-3-15-12(7)16/h2,4,6-7H,1,3,5H2,(H2,13,14)(H,15,16). The summed E-state index contributed by atoms with van der Waals surface area (Å²) in [6.07, 6.45) is 3.45. The maximum atomic E-state index is 11.6. The molecule has 1 unspecified atom stereocenters. The van der Waals surface area contributed by atoms with Crippen molar-refractivity contribution < 1.29 is 4.79 Å². The summed E-state index contributed by atoms with van der Waals surface area (Å²) >= 11 is 1.61. The number of nitrogens with two attached hydrogens (primary N) is 1. The number of nitrogens with one attached hydrogen (secondary N) is 1. The quantitative estimate of drug-likeness (QED) is 0.846. The van der Waals surface area contributed by atoms with E-state index in [1.54, 1.807) is 17.5 Å². The predicted octanol–water partition coefficient (Wildman–Crippen LogP) is 1.56. The van der Waals surface area contributed by atoms with Crippen LogP contribution < -0.4 is 11.1 Å². The van der Waals surface area contributed by atoms with E-state index in [2.05, 4.69) is 15.7 Å². The zero-order chi connectivity index (χ0) is 11.8. The van der Waals surface area contributed by atoms with Gasteiger partial charge < -0.3 is 11.1 Å². The van der Waals surface area contributed by atoms with Gasteiger partial charge in [-0.25, -0.2) is 4.98 Å². The fraction of sp³-hybridized carbons (Fsp3) is 0.333. The van der Waals surface area contributed by atoms with E-state index in [4.69, 9.17) is 5.73 Å². The number of carbonyl (C=O) groups is 1. The highest BCUT2D eigenvalue weighted by Gasteiger charge is 2.25. The number of amides is 1. The smallest absolute Gasteiger partial charge is 0.223 e. The van der Waals surface area contributed by atoms with Crippen LogP contribution >= 0.6 is 11.3 Å². The summed E-state index contributed by atoms with van der Waals surface area (Å²) in [5.41, 5.74) is 7.03. The van der Waals surface area contributed by atoms with Crippen molar-refractivity contribution in [1.82, 2.24) is 10.3 Å². The molecule has 1 aliphatic heterocycles. The van der Waals surface area contributed by atoms with Crippen LogP contribution in [0.15, 0.2) is 17.6 Å². The Morgan fingerprint density at radius 1 is 1.59 bits per heavy atom. The summed E-state index contributed by atoms with van der Waals surface area (Å²) in [6.45, 7) is 0.801. The predicted molar refractivity (Wildman–Crippen MR) is 68.9 cm³/mol. The van der Waals surface area contributed by atoms with E-state index in [-0.39, 0.29) is 11.8 Å². The molecule has 0 aromatic carbocycles. The lowest BCUT2D eigenvalue weighted by Crippen LogP contribution is -2.20. The lowest BCUT2D eigenvalue weighted by atomic mass is 9.98. The molecule has 3 heterocycles. The first kappa shape index (κ1) is 10.5. The van der Waals surface area contributed by atoms with E-state index < -0.39 is 0 Å². The van der Waals surface area contributed by atoms with Crippen LogP contribution in [0.1, 0.15) is 12.0 Å². The zero-order valence-corrected chi connectivity index (χ0v) is 10.1. The summed E-state index contributed by atoms with van der Waals surface area (Å²) in [6, 6.07) is 1.98. The topological polar surface area (TPSA) is 68.0 Å². The third-order valence-electron chi connectivity index (χ3n) is 3.23. The maximum absolute atomic E-state index is 11.6. The first-order chi connectivity index (χ1) is 8.25. The molecule has 0 radical (unpaired) electrons. The number of nitrogen functional groups attached to an aromatic ring is 1. The van der Waals surface area contributed by atoms with Gasteiger partial charge in [-0.2, -0.15) is 0 Å². The number of fused-ring (bicyclic) bond motifs is 1. The molecular weight excluding hydrogens is 234 g/mol. The van der Waals surface area contributed by atoms with Gasteiger partial charge in [0.15, 0.2) is 0 Å². The largest absolute Gasteiger partial charge is 0.383 e. The van der Waals surface area contributed by atoms with Gasteiger partial charge in [0, 0.05) is 24.0 Å². The van der Waals surface area contributed by atoms with Crippen LogP contribution in [0.2, 0.25) is 0 Å². The van der Waals surface area contributed by atoms with E-state index >= 15 is 0 Å². The van der Waals surface area contributed by atoms with Crippen molar-refractivity contribution in [2.24, 2.45) is 5.92 Å². The summed E-state index contributed by atoms with van der Waals surface area (Å²) in [7, 11) is 0. The first-order valence-corrected chi connectivity index (χ1v) is 6.52. The fourth-order valence-corrected chi connectivity index (χ4v) is 3.28. The second-order valence-corrected chi connectivity index (χ2v) is 5.19. The van der Waals surface area contributed by atoms with Crippen LogP contribution in [0.3, 0.4) is 0 Å². The minimum Gasteiger partial charge on any atom is -0.383 e. The lowest BCUT2D eigenvalue weighted by Gasteiger charge is -2.05. The molecule has 0 bridgehead atoms. The number of rotatable bonds is 2. The monoisotopic (exact) mass is 247 g/mol. The van der Waals surface area contributed by atoms with Crippen LogP contribution in [-0.4, -0.2) is 17.4 Å². The van der Waals surface area contributed by atoms with Crippen LogP contribution in [0.4, 0.5) is 5.82 Å². The molecule has 2 aromatic rings. The number of carbonyl (C=O) groups excluding carboxylic acids is 1. The molecule has 4 nitrogen and oxygen atoms in total. The number of anilines is 1. The van der Waals surface area contributed by atoms with E-state index in [1.807, 2.05) is 6.07 Å². The number of pyridine rings is 1. The fourth-order valence-electron chi connectivity index (χ4n) is 2.30. The Hall–Kier alpha value is -1.62. The van der Waals surface area contributed by atoms with Gasteiger partial charge >= 0.3 is 0 Å². The molecule has 17 heavy (non-hydrogen) atoms. The summed E-state index contributed by atoms with van der Waals surface area (Å²) in [4.78, 5) is 15.6. The molecule has 3 rings (SSSR count). The van der Waals surface area contributed by atoms with E-state index in [1.165, 1.54) is 5.56 Å². The number of thiophene rings is 1. The molecule has 5 heteroatoms. The summed E-state index contributed by atoms with van der Waals surface area (Å²) in [5, 5.41) is 6.10. The number of nitrogens with zero attached hydrogens (tertiary/aromatic N) is 1. The lowest BCUT2D eigenvalue weighted by molar-refractivity contribution is -0.122. The average Bonchev–Trinajstić information content (AvgIpc) is 2.89. The van der Waals surface area contributed by atoms with Gasteiger partial charge in [-0.15, -0.1) is 11.3 Å². The second-order valence-electron chi connectivity index (χ2n) is 4.31. The third kappa shape index (κ3) is 1.76. The Kier molecular flexibility index (Phi) is 2.48. The molecule has 2 aromatic heterocycles. The minimum absolute atomic E-state index is 0.113. The molecule has 1 amide bonds. The molecular formula is C12H13N3OS. The maximum Gasteiger partial charge on any atom is 0.223 e. The number of hydrogen-bond donors (Lipinski definition) is 2. The van der Waals surface area contributed by atoms with Crippen molar-refractivity contribution in [3.8, 4) is 0 Å². The third-order valence-corrected chi connectivity index (χ3v) is 4.29. The summed E-state index contributed by atoms with van der Waals surface area (Å²) in [5.74, 6) is 0.864. The molecule has 0 aliphatic carbocycles. The number of aromatic nitrogens is 1. The van der Waals surface area contributed by atoms with Gasteiger partial charge in [0.1, 0.15) is 5.82 Å². The van der Waals surface area contributed by atoms with Crippen molar-refractivity contribution >= 4 is 33.1 Å². The highest BCUT2D eigenvalue weighted by atomic mass is 32.1. The highest BCUT2D eigenvalue weighted by molar-refractivity contribution is 7.18. The van der Waals surface area contributed by atoms with Crippen molar-refractivity contribution in [2.45, 2.75) is 12.8 Å². The van der Waals surface area contributed by atoms with Crippen molar-refractivity contribution in [1.29, 1.82) is 0 Å². The van der Waals surface area contributed by atoms with E-state index in [0.717, 1.165) is 29.5 Å². The second kappa shape index (κ2) is 4.00. The van der Waals surface area contributed by atoms with Crippen LogP contribution in [0.25, 0.3) is 10.1 Å². The number of hydrogen-bond acceptors (Lipinski definition) is 4. The van der Waals surface area contributed by atoms with Gasteiger partial charge in [0.25, 0.3) is 0 Å². The highest BCUT2D eigenvalue weighted by Crippen LogP contribution is 2.31. The van der Waals surface area contributed by atoms with Crippen LogP contribution in [0.5, 0.6) is 0 Å². The first-order valence-electron chi connectivity index (χ1n) is 5.64. The molecule has 0 saturated carbocycles. The van der Waals surface area contributed by atoms with E-state index in [9.17, 15) is 4.79 Å². The van der Waals surface area contributed by atoms with Crippen molar-refractivity contribution in [3.63, 3.8) is 0 Å². The van der Waals surface area contributed by atoms with Crippen LogP contribution in [0, 0.1) is 5.92 Å². The van der Waals surface area contributed by atoms with Crippen molar-refractivity contribution in [2.75, 3.05) is 12.3 Å². The Bertz CT molecular complexity index is 578. The Morgan fingerprint density at radius 2 is 2.47 bits per heavy atom. The van der Waals surface area contributed by atoms with Crippen molar-refractivity contribution in [3.05, 3.63) is 23.2 Å². The van der Waals surface area contributed by atoms with Crippen LogP contribution in [-0.2, 0) is 11.2 Å². The molecule has 3 N–H and O–H groups in total. The normalized spacial score (nSPS) is 19.8. The van der Waals surface area contributed by atoms with E-state index in [0.29, 0.717) is 5.82 Å². The minimum atomic E-state index is 0.113. The van der Waals surface area contributed by atoms with Gasteiger partial charge in [0.05, 0.1) is 4.70 Å². The molecule has 1 fully saturated rings. The Morgan fingerprint density at radius 3 is 3.24 bits per heavy atom. The van der Waals surface area contributed by atoms with Gasteiger partial charge in [-0.1, -0.05) is 0 Å². The molecule has 1 atom stereocenters. The average molecular weight is 247 g/mol. The Labute approximate surface area is 103 Å². The van der Waals surface area contributed by atoms with Gasteiger partial charge in [-0.3, -0.25) is 4.79 Å². The molecule has 1 aliphatic rings. The van der Waals surface area contributed by atoms with Gasteiger partial charge in [0.2, 0.25) is 5.91 Å². The molecule has 1 saturated heterocycles. The summed E-state index contributed by atoms with van der Waals surface area (Å²) < 4.78 is 1.03. The Balaban J connectivity index is 1.95. The molecule has 0 spiro atoms. The van der Waals surface area contributed by atoms with Gasteiger partial charge in [-0.05, 0) is 29.9 Å².